The van der Waals surface area contributed by atoms with Gasteiger partial charge in [-0.2, -0.15) is 0 Å². The van der Waals surface area contributed by atoms with Crippen LogP contribution in [-0.4, -0.2) is 35.3 Å². The summed E-state index contributed by atoms with van der Waals surface area (Å²) in [5, 5.41) is 19.8. The van der Waals surface area contributed by atoms with E-state index in [4.69, 9.17) is 0 Å². The van der Waals surface area contributed by atoms with E-state index >= 15 is 0 Å². The van der Waals surface area contributed by atoms with Gasteiger partial charge in [0.05, 0.1) is 6.10 Å². The first-order valence-corrected chi connectivity index (χ1v) is 6.10. The topological polar surface area (TPSA) is 43.7 Å². The molecule has 0 saturated carbocycles. The fourth-order valence-electron chi connectivity index (χ4n) is 2.43. The van der Waals surface area contributed by atoms with Crippen LogP contribution in [-0.2, 0) is 0 Å². The van der Waals surface area contributed by atoms with Crippen molar-refractivity contribution in [2.75, 3.05) is 14.1 Å². The predicted octanol–water partition coefficient (Wildman–Crippen LogP) is 2.40. The number of aliphatic hydroxyl groups excluding tert-OH is 1. The van der Waals surface area contributed by atoms with Gasteiger partial charge in [0.15, 0.2) is 0 Å². The van der Waals surface area contributed by atoms with Crippen LogP contribution in [0.3, 0.4) is 0 Å². The summed E-state index contributed by atoms with van der Waals surface area (Å²) in [5.74, 6) is 0.323. The molecule has 1 rings (SSSR count). The largest absolute Gasteiger partial charge is 0.508 e. The van der Waals surface area contributed by atoms with Crippen LogP contribution < -0.4 is 0 Å². The van der Waals surface area contributed by atoms with E-state index in [2.05, 4.69) is 11.8 Å². The monoisotopic (exact) mass is 237 g/mol. The molecule has 3 heteroatoms. The Labute approximate surface area is 104 Å². The van der Waals surface area contributed by atoms with Gasteiger partial charge in [0.25, 0.3) is 0 Å². The van der Waals surface area contributed by atoms with Crippen LogP contribution in [0.25, 0.3) is 0 Å². The van der Waals surface area contributed by atoms with Gasteiger partial charge in [-0.15, -0.1) is 0 Å². The summed E-state index contributed by atoms with van der Waals surface area (Å²) in [7, 11) is 4.06. The van der Waals surface area contributed by atoms with Gasteiger partial charge < -0.3 is 15.1 Å². The minimum absolute atomic E-state index is 0.122. The number of aromatic hydroxyl groups is 1. The Kier molecular flexibility index (Phi) is 4.97. The molecule has 0 fully saturated rings. The average molecular weight is 237 g/mol. The van der Waals surface area contributed by atoms with Crippen LogP contribution in [0.5, 0.6) is 5.75 Å². The number of aliphatic hydroxyl groups is 1. The lowest BCUT2D eigenvalue weighted by Gasteiger charge is -2.32. The number of benzene rings is 1. The highest BCUT2D eigenvalue weighted by atomic mass is 16.3. The Hall–Kier alpha value is -1.06. The van der Waals surface area contributed by atoms with Gasteiger partial charge in [-0.05, 0) is 38.2 Å². The lowest BCUT2D eigenvalue weighted by atomic mass is 9.89. The number of hydrogen-bond acceptors (Lipinski definition) is 3. The lowest BCUT2D eigenvalue weighted by molar-refractivity contribution is 0.0616. The molecule has 3 unspecified atom stereocenters. The van der Waals surface area contributed by atoms with E-state index < -0.39 is 6.10 Å². The molecule has 0 aliphatic rings. The van der Waals surface area contributed by atoms with E-state index in [1.165, 1.54) is 0 Å². The summed E-state index contributed by atoms with van der Waals surface area (Å²) in [4.78, 5) is 2.14. The Balaban J connectivity index is 2.85. The van der Waals surface area contributed by atoms with Crippen molar-refractivity contribution in [2.24, 2.45) is 5.92 Å². The molecule has 2 N–H and O–H groups in total. The molecule has 0 spiro atoms. The zero-order valence-corrected chi connectivity index (χ0v) is 11.1. The second kappa shape index (κ2) is 6.03. The predicted molar refractivity (Wildman–Crippen MR) is 70.0 cm³/mol. The maximum absolute atomic E-state index is 10.3. The van der Waals surface area contributed by atoms with E-state index in [-0.39, 0.29) is 11.7 Å². The van der Waals surface area contributed by atoms with Crippen molar-refractivity contribution in [1.29, 1.82) is 0 Å². The van der Waals surface area contributed by atoms with Crippen LogP contribution in [0.15, 0.2) is 24.3 Å². The van der Waals surface area contributed by atoms with E-state index in [0.717, 1.165) is 12.0 Å². The zero-order valence-electron chi connectivity index (χ0n) is 11.1. The minimum atomic E-state index is -0.547. The Morgan fingerprint density at radius 3 is 2.41 bits per heavy atom. The lowest BCUT2D eigenvalue weighted by Crippen LogP contribution is -2.36. The quantitative estimate of drug-likeness (QED) is 0.826. The molecule has 0 aliphatic carbocycles. The van der Waals surface area contributed by atoms with Crippen molar-refractivity contribution >= 4 is 0 Å². The van der Waals surface area contributed by atoms with Gasteiger partial charge in [-0.25, -0.2) is 0 Å². The van der Waals surface area contributed by atoms with E-state index in [1.807, 2.05) is 27.1 Å². The number of rotatable bonds is 5. The number of nitrogens with zero attached hydrogens (tertiary/aromatic N) is 1. The van der Waals surface area contributed by atoms with Gasteiger partial charge in [-0.3, -0.25) is 0 Å². The SMILES string of the molecule is CCC(C(C)C(O)c1cccc(O)c1)N(C)C. The third kappa shape index (κ3) is 3.45. The molecule has 17 heavy (non-hydrogen) atoms. The normalized spacial score (nSPS) is 16.8. The smallest absolute Gasteiger partial charge is 0.115 e. The highest BCUT2D eigenvalue weighted by Gasteiger charge is 2.25. The zero-order chi connectivity index (χ0) is 13.0. The first-order chi connectivity index (χ1) is 7.97. The van der Waals surface area contributed by atoms with Crippen LogP contribution in [0.4, 0.5) is 0 Å². The molecular weight excluding hydrogens is 214 g/mol. The average Bonchev–Trinajstić information content (AvgIpc) is 2.28. The molecule has 3 nitrogen and oxygen atoms in total. The second-order valence-corrected chi connectivity index (χ2v) is 4.84. The molecule has 0 saturated heterocycles. The summed E-state index contributed by atoms with van der Waals surface area (Å²) in [6.45, 7) is 4.17. The van der Waals surface area contributed by atoms with E-state index in [0.29, 0.717) is 6.04 Å². The summed E-state index contributed by atoms with van der Waals surface area (Å²) < 4.78 is 0. The minimum Gasteiger partial charge on any atom is -0.508 e. The standard InChI is InChI=1S/C14H23NO2/c1-5-13(15(3)4)10(2)14(17)11-7-6-8-12(16)9-11/h6-10,13-14,16-17H,5H2,1-4H3. The first kappa shape index (κ1) is 14.0. The Morgan fingerprint density at radius 2 is 1.94 bits per heavy atom. The number of phenolic OH excluding ortho intramolecular Hbond substituents is 1. The van der Waals surface area contributed by atoms with Crippen LogP contribution in [0.1, 0.15) is 31.9 Å². The first-order valence-electron chi connectivity index (χ1n) is 6.10. The molecule has 1 aromatic carbocycles. The summed E-state index contributed by atoms with van der Waals surface area (Å²) in [6.07, 6.45) is 0.443. The summed E-state index contributed by atoms with van der Waals surface area (Å²) >= 11 is 0. The van der Waals surface area contributed by atoms with Gasteiger partial charge in [0.2, 0.25) is 0 Å². The molecule has 0 bridgehead atoms. The Bertz CT molecular complexity index is 352. The van der Waals surface area contributed by atoms with Crippen molar-refractivity contribution in [1.82, 2.24) is 4.90 Å². The molecule has 0 radical (unpaired) electrons. The van der Waals surface area contributed by atoms with Crippen molar-refractivity contribution in [3.05, 3.63) is 29.8 Å². The molecule has 96 valence electrons. The van der Waals surface area contributed by atoms with Crippen LogP contribution >= 0.6 is 0 Å². The van der Waals surface area contributed by atoms with E-state index in [1.54, 1.807) is 18.2 Å². The van der Waals surface area contributed by atoms with Crippen LogP contribution in [0, 0.1) is 5.92 Å². The third-order valence-electron chi connectivity index (χ3n) is 3.40. The van der Waals surface area contributed by atoms with Crippen LogP contribution in [0.2, 0.25) is 0 Å². The fraction of sp³-hybridized carbons (Fsp3) is 0.571. The number of phenols is 1. The molecule has 0 aromatic heterocycles. The van der Waals surface area contributed by atoms with E-state index in [9.17, 15) is 10.2 Å². The number of hydrogen-bond donors (Lipinski definition) is 2. The van der Waals surface area contributed by atoms with Crippen molar-refractivity contribution < 1.29 is 10.2 Å². The molecule has 0 heterocycles. The van der Waals surface area contributed by atoms with Crippen molar-refractivity contribution in [3.8, 4) is 5.75 Å². The van der Waals surface area contributed by atoms with Gasteiger partial charge >= 0.3 is 0 Å². The van der Waals surface area contributed by atoms with Crippen molar-refractivity contribution in [3.63, 3.8) is 0 Å². The fourth-order valence-corrected chi connectivity index (χ4v) is 2.43. The molecule has 0 aliphatic heterocycles. The molecule has 3 atom stereocenters. The highest BCUT2D eigenvalue weighted by Crippen LogP contribution is 2.29. The maximum Gasteiger partial charge on any atom is 0.115 e. The molecule has 1 aromatic rings. The Morgan fingerprint density at radius 1 is 1.29 bits per heavy atom. The maximum atomic E-state index is 10.3. The molecule has 0 amide bonds. The summed E-state index contributed by atoms with van der Waals surface area (Å²) in [6, 6.07) is 7.18. The summed E-state index contributed by atoms with van der Waals surface area (Å²) in [5.41, 5.74) is 0.776. The second-order valence-electron chi connectivity index (χ2n) is 4.84. The van der Waals surface area contributed by atoms with Gasteiger partial charge in [-0.1, -0.05) is 26.0 Å². The van der Waals surface area contributed by atoms with Gasteiger partial charge in [0.1, 0.15) is 5.75 Å². The van der Waals surface area contributed by atoms with Gasteiger partial charge in [0, 0.05) is 12.0 Å². The molecular formula is C14H23NO2. The van der Waals surface area contributed by atoms with Crippen molar-refractivity contribution in [2.45, 2.75) is 32.4 Å². The highest BCUT2D eigenvalue weighted by molar-refractivity contribution is 5.29. The third-order valence-corrected chi connectivity index (χ3v) is 3.40.